The van der Waals surface area contributed by atoms with Crippen LogP contribution in [0.5, 0.6) is 0 Å². The SMILES string of the molecule is CC1(CNC2CC3CCC2C3)CCN(C(=O)OC(C)(C)C)CC1. The average Bonchev–Trinajstić information content (AvgIpc) is 3.06. The molecule has 3 fully saturated rings. The van der Waals surface area contributed by atoms with Crippen molar-refractivity contribution >= 4 is 6.09 Å². The van der Waals surface area contributed by atoms with Crippen molar-refractivity contribution in [3.8, 4) is 0 Å². The highest BCUT2D eigenvalue weighted by Crippen LogP contribution is 2.44. The van der Waals surface area contributed by atoms with Crippen molar-refractivity contribution in [3.05, 3.63) is 0 Å². The van der Waals surface area contributed by atoms with Gasteiger partial charge in [0, 0.05) is 25.7 Å². The number of likely N-dealkylation sites (tertiary alicyclic amines) is 1. The molecule has 4 heteroatoms. The van der Waals surface area contributed by atoms with Gasteiger partial charge in [0.25, 0.3) is 0 Å². The van der Waals surface area contributed by atoms with Crippen LogP contribution in [0.3, 0.4) is 0 Å². The van der Waals surface area contributed by atoms with Crippen molar-refractivity contribution in [1.82, 2.24) is 10.2 Å². The lowest BCUT2D eigenvalue weighted by Crippen LogP contribution is -2.49. The fraction of sp³-hybridized carbons (Fsp3) is 0.947. The van der Waals surface area contributed by atoms with Gasteiger partial charge in [0.1, 0.15) is 5.60 Å². The molecule has 0 spiro atoms. The summed E-state index contributed by atoms with van der Waals surface area (Å²) < 4.78 is 5.49. The second-order valence-electron chi connectivity index (χ2n) is 9.44. The maximum Gasteiger partial charge on any atom is 0.410 e. The number of ether oxygens (including phenoxy) is 1. The molecule has 3 atom stereocenters. The summed E-state index contributed by atoms with van der Waals surface area (Å²) in [5.74, 6) is 1.93. The summed E-state index contributed by atoms with van der Waals surface area (Å²) in [5.41, 5.74) is -0.0818. The quantitative estimate of drug-likeness (QED) is 0.859. The highest BCUT2D eigenvalue weighted by Gasteiger charge is 2.40. The summed E-state index contributed by atoms with van der Waals surface area (Å²) in [5, 5.41) is 3.87. The topological polar surface area (TPSA) is 41.6 Å². The van der Waals surface area contributed by atoms with Crippen molar-refractivity contribution in [3.63, 3.8) is 0 Å². The second-order valence-corrected chi connectivity index (χ2v) is 9.44. The number of nitrogens with one attached hydrogen (secondary N) is 1. The summed E-state index contributed by atoms with van der Waals surface area (Å²) in [4.78, 5) is 14.0. The van der Waals surface area contributed by atoms with Crippen LogP contribution in [-0.2, 0) is 4.74 Å². The Morgan fingerprint density at radius 1 is 1.22 bits per heavy atom. The number of rotatable bonds is 3. The summed E-state index contributed by atoms with van der Waals surface area (Å²) >= 11 is 0. The second kappa shape index (κ2) is 6.27. The Labute approximate surface area is 141 Å². The number of piperidine rings is 1. The third-order valence-corrected chi connectivity index (χ3v) is 6.15. The molecule has 23 heavy (non-hydrogen) atoms. The minimum absolute atomic E-state index is 0.152. The Morgan fingerprint density at radius 3 is 2.43 bits per heavy atom. The van der Waals surface area contributed by atoms with Crippen LogP contribution in [0.1, 0.15) is 66.2 Å². The summed E-state index contributed by atoms with van der Waals surface area (Å²) in [6, 6.07) is 0.759. The summed E-state index contributed by atoms with van der Waals surface area (Å²) in [7, 11) is 0. The zero-order chi connectivity index (χ0) is 16.7. The molecule has 0 aromatic heterocycles. The largest absolute Gasteiger partial charge is 0.444 e. The number of carbonyl (C=O) groups is 1. The summed E-state index contributed by atoms with van der Waals surface area (Å²) in [6.07, 6.45) is 7.74. The predicted octanol–water partition coefficient (Wildman–Crippen LogP) is 3.80. The molecular weight excluding hydrogens is 288 g/mol. The predicted molar refractivity (Wildman–Crippen MR) is 92.4 cm³/mol. The number of hydrogen-bond donors (Lipinski definition) is 1. The third kappa shape index (κ3) is 4.20. The van der Waals surface area contributed by atoms with E-state index in [-0.39, 0.29) is 6.09 Å². The fourth-order valence-corrected chi connectivity index (χ4v) is 4.60. The van der Waals surface area contributed by atoms with Crippen molar-refractivity contribution in [2.75, 3.05) is 19.6 Å². The molecule has 1 amide bonds. The molecule has 3 rings (SSSR count). The number of carbonyl (C=O) groups excluding carboxylic acids is 1. The maximum absolute atomic E-state index is 12.2. The van der Waals surface area contributed by atoms with Gasteiger partial charge in [-0.3, -0.25) is 0 Å². The first kappa shape index (κ1) is 17.1. The molecule has 2 saturated carbocycles. The molecule has 1 N–H and O–H groups in total. The van der Waals surface area contributed by atoms with Gasteiger partial charge in [-0.05, 0) is 70.1 Å². The molecule has 1 heterocycles. The van der Waals surface area contributed by atoms with Crippen LogP contribution in [0, 0.1) is 17.3 Å². The number of amides is 1. The minimum Gasteiger partial charge on any atom is -0.444 e. The zero-order valence-corrected chi connectivity index (χ0v) is 15.4. The van der Waals surface area contributed by atoms with Crippen LogP contribution in [-0.4, -0.2) is 42.3 Å². The maximum atomic E-state index is 12.2. The highest BCUT2D eigenvalue weighted by molar-refractivity contribution is 5.68. The molecule has 0 aromatic rings. The van der Waals surface area contributed by atoms with Crippen molar-refractivity contribution < 1.29 is 9.53 Å². The Balaban J connectivity index is 1.43. The standard InChI is InChI=1S/C19H34N2O2/c1-18(2,3)23-17(22)21-9-7-19(4,8-10-21)13-20-16-12-14-5-6-15(16)11-14/h14-16,20H,5-13H2,1-4H3. The van der Waals surface area contributed by atoms with Gasteiger partial charge in [-0.1, -0.05) is 13.3 Å². The smallest absolute Gasteiger partial charge is 0.410 e. The van der Waals surface area contributed by atoms with Gasteiger partial charge in [0.2, 0.25) is 0 Å². The van der Waals surface area contributed by atoms with Gasteiger partial charge in [-0.25, -0.2) is 4.79 Å². The van der Waals surface area contributed by atoms with Crippen LogP contribution in [0.2, 0.25) is 0 Å². The van der Waals surface area contributed by atoms with Crippen LogP contribution >= 0.6 is 0 Å². The molecule has 2 aliphatic carbocycles. The lowest BCUT2D eigenvalue weighted by Gasteiger charge is -2.41. The number of fused-ring (bicyclic) bond motifs is 2. The fourth-order valence-electron chi connectivity index (χ4n) is 4.60. The first-order valence-electron chi connectivity index (χ1n) is 9.45. The molecule has 3 aliphatic rings. The van der Waals surface area contributed by atoms with Crippen molar-refractivity contribution in [1.29, 1.82) is 0 Å². The van der Waals surface area contributed by atoms with E-state index in [0.29, 0.717) is 5.41 Å². The molecule has 1 aliphatic heterocycles. The van der Waals surface area contributed by atoms with Gasteiger partial charge in [0.15, 0.2) is 0 Å². The van der Waals surface area contributed by atoms with E-state index in [2.05, 4.69) is 12.2 Å². The Bertz CT molecular complexity index is 435. The highest BCUT2D eigenvalue weighted by atomic mass is 16.6. The monoisotopic (exact) mass is 322 g/mol. The lowest BCUT2D eigenvalue weighted by molar-refractivity contribution is 0.0115. The molecule has 3 unspecified atom stereocenters. The lowest BCUT2D eigenvalue weighted by atomic mass is 9.80. The van der Waals surface area contributed by atoms with Gasteiger partial charge in [-0.2, -0.15) is 0 Å². The van der Waals surface area contributed by atoms with Crippen LogP contribution in [0.25, 0.3) is 0 Å². The molecule has 0 aromatic carbocycles. The van der Waals surface area contributed by atoms with E-state index in [1.54, 1.807) is 0 Å². The third-order valence-electron chi connectivity index (χ3n) is 6.15. The molecule has 2 bridgehead atoms. The summed E-state index contributed by atoms with van der Waals surface area (Å²) in [6.45, 7) is 10.9. The van der Waals surface area contributed by atoms with Gasteiger partial charge < -0.3 is 15.0 Å². The number of nitrogens with zero attached hydrogens (tertiary/aromatic N) is 1. The Kier molecular flexibility index (Phi) is 4.65. The first-order chi connectivity index (χ1) is 10.7. The van der Waals surface area contributed by atoms with Crippen LogP contribution in [0.15, 0.2) is 0 Å². The van der Waals surface area contributed by atoms with E-state index in [0.717, 1.165) is 50.4 Å². The number of hydrogen-bond acceptors (Lipinski definition) is 3. The molecule has 4 nitrogen and oxygen atoms in total. The zero-order valence-electron chi connectivity index (χ0n) is 15.4. The van der Waals surface area contributed by atoms with Crippen molar-refractivity contribution in [2.45, 2.75) is 77.9 Å². The van der Waals surface area contributed by atoms with E-state index >= 15 is 0 Å². The van der Waals surface area contributed by atoms with Crippen LogP contribution in [0.4, 0.5) is 4.79 Å². The van der Waals surface area contributed by atoms with Gasteiger partial charge in [-0.15, -0.1) is 0 Å². The van der Waals surface area contributed by atoms with E-state index in [1.807, 2.05) is 25.7 Å². The van der Waals surface area contributed by atoms with E-state index in [4.69, 9.17) is 4.74 Å². The van der Waals surface area contributed by atoms with Gasteiger partial charge >= 0.3 is 6.09 Å². The van der Waals surface area contributed by atoms with Gasteiger partial charge in [0.05, 0.1) is 0 Å². The van der Waals surface area contributed by atoms with Crippen LogP contribution < -0.4 is 5.32 Å². The molecule has 132 valence electrons. The van der Waals surface area contributed by atoms with Crippen molar-refractivity contribution in [2.24, 2.45) is 17.3 Å². The Hall–Kier alpha value is -0.770. The minimum atomic E-state index is -0.402. The molecule has 0 radical (unpaired) electrons. The Morgan fingerprint density at radius 2 is 1.91 bits per heavy atom. The molecular formula is C19H34N2O2. The van der Waals surface area contributed by atoms with E-state index < -0.39 is 5.60 Å². The molecule has 1 saturated heterocycles. The first-order valence-corrected chi connectivity index (χ1v) is 9.45. The normalized spacial score (nSPS) is 33.0. The van der Waals surface area contributed by atoms with E-state index in [1.165, 1.54) is 25.7 Å². The average molecular weight is 322 g/mol. The van der Waals surface area contributed by atoms with E-state index in [9.17, 15) is 4.79 Å².